The highest BCUT2D eigenvalue weighted by molar-refractivity contribution is 6.33. The predicted molar refractivity (Wildman–Crippen MR) is 49.7 cm³/mol. The van der Waals surface area contributed by atoms with Crippen LogP contribution in [0.15, 0.2) is 18.2 Å². The van der Waals surface area contributed by atoms with Gasteiger partial charge in [0.15, 0.2) is 0 Å². The summed E-state index contributed by atoms with van der Waals surface area (Å²) in [5.41, 5.74) is 5.04. The first-order valence-corrected chi connectivity index (χ1v) is 3.29. The molecule has 3 N–H and O–H groups in total. The zero-order valence-electron chi connectivity index (χ0n) is 5.97. The van der Waals surface area contributed by atoms with Crippen molar-refractivity contribution >= 4 is 29.8 Å². The summed E-state index contributed by atoms with van der Waals surface area (Å²) in [7, 11) is 0. The fourth-order valence-electron chi connectivity index (χ4n) is 0.755. The van der Waals surface area contributed by atoms with Crippen molar-refractivity contribution in [3.8, 4) is 0 Å². The van der Waals surface area contributed by atoms with Gasteiger partial charge in [0, 0.05) is 0 Å². The van der Waals surface area contributed by atoms with Crippen molar-refractivity contribution in [2.24, 2.45) is 5.73 Å². The van der Waals surface area contributed by atoms with Crippen LogP contribution >= 0.6 is 24.0 Å². The molecule has 0 bridgehead atoms. The molecule has 0 atom stereocenters. The number of nitrogens with one attached hydrogen (secondary N) is 1. The van der Waals surface area contributed by atoms with E-state index in [9.17, 15) is 4.39 Å². The van der Waals surface area contributed by atoms with Gasteiger partial charge >= 0.3 is 0 Å². The molecule has 5 heteroatoms. The Hall–Kier alpha value is -0.800. The number of nitrogens with two attached hydrogens (primary N) is 1. The van der Waals surface area contributed by atoms with E-state index in [-0.39, 0.29) is 28.8 Å². The second-order valence-electron chi connectivity index (χ2n) is 2.01. The van der Waals surface area contributed by atoms with Gasteiger partial charge in [-0.25, -0.2) is 4.39 Å². The first-order chi connectivity index (χ1) is 5.13. The molecule has 0 heterocycles. The van der Waals surface area contributed by atoms with Gasteiger partial charge in [-0.2, -0.15) is 0 Å². The molecule has 0 radical (unpaired) electrons. The smallest absolute Gasteiger partial charge is 0.135 e. The third-order valence-corrected chi connectivity index (χ3v) is 1.55. The van der Waals surface area contributed by atoms with Gasteiger partial charge in [0.25, 0.3) is 0 Å². The van der Waals surface area contributed by atoms with E-state index in [1.165, 1.54) is 18.2 Å². The van der Waals surface area contributed by atoms with Crippen LogP contribution in [0.3, 0.4) is 0 Å². The summed E-state index contributed by atoms with van der Waals surface area (Å²) in [5, 5.41) is 7.13. The summed E-state index contributed by atoms with van der Waals surface area (Å²) in [4.78, 5) is 0. The van der Waals surface area contributed by atoms with E-state index in [2.05, 4.69) is 0 Å². The molecule has 0 unspecified atom stereocenters. The van der Waals surface area contributed by atoms with E-state index in [0.29, 0.717) is 0 Å². The van der Waals surface area contributed by atoms with Crippen molar-refractivity contribution in [1.29, 1.82) is 5.41 Å². The summed E-state index contributed by atoms with van der Waals surface area (Å²) < 4.78 is 12.8. The molecule has 0 aliphatic heterocycles. The molecular weight excluding hydrogens is 202 g/mol. The van der Waals surface area contributed by atoms with Crippen LogP contribution in [-0.4, -0.2) is 5.84 Å². The number of rotatable bonds is 1. The number of hydrogen-bond donors (Lipinski definition) is 2. The zero-order valence-corrected chi connectivity index (χ0v) is 7.55. The Morgan fingerprint density at radius 2 is 2.08 bits per heavy atom. The molecule has 0 saturated heterocycles. The average Bonchev–Trinajstić information content (AvgIpc) is 1.85. The minimum atomic E-state index is -0.565. The molecule has 0 saturated carbocycles. The fraction of sp³-hybridized carbons (Fsp3) is 0. The third-order valence-electron chi connectivity index (χ3n) is 1.23. The molecular formula is C7H7Cl2FN2. The van der Waals surface area contributed by atoms with Gasteiger partial charge in [0.05, 0.1) is 10.6 Å². The van der Waals surface area contributed by atoms with E-state index in [1.54, 1.807) is 0 Å². The molecule has 2 nitrogen and oxygen atoms in total. The molecule has 0 aromatic heterocycles. The second kappa shape index (κ2) is 4.28. The quantitative estimate of drug-likeness (QED) is 0.540. The molecule has 1 rings (SSSR count). The average molecular weight is 209 g/mol. The van der Waals surface area contributed by atoms with Crippen LogP contribution in [-0.2, 0) is 0 Å². The molecule has 12 heavy (non-hydrogen) atoms. The standard InChI is InChI=1S/C7H6ClFN2.ClH/c8-4-2-1-3-5(9)6(4)7(10)11;/h1-3H,(H3,10,11);1H. The number of halogens is 3. The molecule has 1 aromatic rings. The van der Waals surface area contributed by atoms with Gasteiger partial charge in [0.1, 0.15) is 11.7 Å². The summed E-state index contributed by atoms with van der Waals surface area (Å²) >= 11 is 5.56. The maximum Gasteiger partial charge on any atom is 0.135 e. The molecule has 66 valence electrons. The highest BCUT2D eigenvalue weighted by atomic mass is 35.5. The van der Waals surface area contributed by atoms with Gasteiger partial charge in [-0.05, 0) is 12.1 Å². The summed E-state index contributed by atoms with van der Waals surface area (Å²) in [5.74, 6) is -0.918. The molecule has 0 spiro atoms. The third kappa shape index (κ3) is 2.09. The van der Waals surface area contributed by atoms with Gasteiger partial charge in [-0.15, -0.1) is 12.4 Å². The largest absolute Gasteiger partial charge is 0.384 e. The maximum atomic E-state index is 12.8. The summed E-state index contributed by atoms with van der Waals surface area (Å²) in [6.07, 6.45) is 0. The van der Waals surface area contributed by atoms with Crippen molar-refractivity contribution in [3.05, 3.63) is 34.6 Å². The first-order valence-electron chi connectivity index (χ1n) is 2.91. The van der Waals surface area contributed by atoms with E-state index in [0.717, 1.165) is 0 Å². The molecule has 0 fully saturated rings. The lowest BCUT2D eigenvalue weighted by Crippen LogP contribution is -2.13. The maximum absolute atomic E-state index is 12.8. The molecule has 0 amide bonds. The van der Waals surface area contributed by atoms with Crippen molar-refractivity contribution in [2.45, 2.75) is 0 Å². The van der Waals surface area contributed by atoms with Gasteiger partial charge in [-0.3, -0.25) is 5.41 Å². The van der Waals surface area contributed by atoms with Crippen LogP contribution in [0, 0.1) is 11.2 Å². The van der Waals surface area contributed by atoms with Gasteiger partial charge in [0.2, 0.25) is 0 Å². The summed E-state index contributed by atoms with van der Waals surface area (Å²) in [6, 6.07) is 4.16. The van der Waals surface area contributed by atoms with Crippen molar-refractivity contribution in [3.63, 3.8) is 0 Å². The van der Waals surface area contributed by atoms with Crippen LogP contribution in [0.1, 0.15) is 5.56 Å². The molecule has 1 aromatic carbocycles. The summed E-state index contributed by atoms with van der Waals surface area (Å²) in [6.45, 7) is 0. The number of nitrogen functional groups attached to an aromatic ring is 1. The Bertz CT molecular complexity index is 281. The highest BCUT2D eigenvalue weighted by Crippen LogP contribution is 2.17. The monoisotopic (exact) mass is 208 g/mol. The second-order valence-corrected chi connectivity index (χ2v) is 2.42. The normalized spacial score (nSPS) is 8.83. The Morgan fingerprint density at radius 1 is 1.50 bits per heavy atom. The van der Waals surface area contributed by atoms with Gasteiger partial charge < -0.3 is 5.73 Å². The van der Waals surface area contributed by atoms with Crippen LogP contribution in [0.25, 0.3) is 0 Å². The molecule has 0 aliphatic rings. The van der Waals surface area contributed by atoms with Crippen LogP contribution in [0.4, 0.5) is 4.39 Å². The van der Waals surface area contributed by atoms with Crippen LogP contribution in [0.2, 0.25) is 5.02 Å². The van der Waals surface area contributed by atoms with Crippen molar-refractivity contribution in [2.75, 3.05) is 0 Å². The van der Waals surface area contributed by atoms with Crippen LogP contribution < -0.4 is 5.73 Å². The Kier molecular flexibility index (Phi) is 4.00. The Labute approximate surface area is 80.4 Å². The fourth-order valence-corrected chi connectivity index (χ4v) is 1.02. The number of amidine groups is 1. The minimum Gasteiger partial charge on any atom is -0.384 e. The van der Waals surface area contributed by atoms with E-state index in [4.69, 9.17) is 22.7 Å². The molecule has 0 aliphatic carbocycles. The lowest BCUT2D eigenvalue weighted by Gasteiger charge is -2.01. The topological polar surface area (TPSA) is 49.9 Å². The van der Waals surface area contributed by atoms with Gasteiger partial charge in [-0.1, -0.05) is 17.7 Å². The van der Waals surface area contributed by atoms with E-state index in [1.807, 2.05) is 0 Å². The highest BCUT2D eigenvalue weighted by Gasteiger charge is 2.08. The SMILES string of the molecule is Cl.N=C(N)c1c(F)cccc1Cl. The Balaban J connectivity index is 0.00000121. The lowest BCUT2D eigenvalue weighted by atomic mass is 10.2. The first kappa shape index (κ1) is 11.2. The van der Waals surface area contributed by atoms with Crippen molar-refractivity contribution < 1.29 is 4.39 Å². The van der Waals surface area contributed by atoms with E-state index >= 15 is 0 Å². The lowest BCUT2D eigenvalue weighted by molar-refractivity contribution is 0.625. The van der Waals surface area contributed by atoms with Crippen LogP contribution in [0.5, 0.6) is 0 Å². The minimum absolute atomic E-state index is 0. The van der Waals surface area contributed by atoms with E-state index < -0.39 is 5.82 Å². The zero-order chi connectivity index (χ0) is 8.43. The Morgan fingerprint density at radius 3 is 2.42 bits per heavy atom. The number of hydrogen-bond acceptors (Lipinski definition) is 1. The number of benzene rings is 1. The predicted octanol–water partition coefficient (Wildman–Crippen LogP) is 2.18. The van der Waals surface area contributed by atoms with Crippen molar-refractivity contribution in [1.82, 2.24) is 0 Å².